The lowest BCUT2D eigenvalue weighted by Gasteiger charge is -2.31. The van der Waals surface area contributed by atoms with Gasteiger partial charge in [-0.1, -0.05) is 18.2 Å². The number of rotatable bonds is 8. The van der Waals surface area contributed by atoms with Crippen LogP contribution in [-0.2, 0) is 11.3 Å². The van der Waals surface area contributed by atoms with Crippen molar-refractivity contribution < 1.29 is 9.15 Å². The highest BCUT2D eigenvalue weighted by Gasteiger charge is 2.19. The van der Waals surface area contributed by atoms with Crippen LogP contribution in [0.25, 0.3) is 11.0 Å². The minimum Gasteiger partial charge on any atom is -0.459 e. The van der Waals surface area contributed by atoms with Crippen molar-refractivity contribution in [2.45, 2.75) is 26.3 Å². The zero-order chi connectivity index (χ0) is 19.8. The molecule has 0 radical (unpaired) electrons. The van der Waals surface area contributed by atoms with Crippen LogP contribution >= 0.6 is 0 Å². The average molecular weight is 387 g/mol. The molecule has 1 N–H and O–H groups in total. The molecule has 1 aromatic carbocycles. The number of methoxy groups -OCH3 is 1. The molecule has 1 aromatic heterocycles. The van der Waals surface area contributed by atoms with Gasteiger partial charge in [-0.05, 0) is 50.9 Å². The number of benzene rings is 1. The van der Waals surface area contributed by atoms with Crippen LogP contribution in [0.5, 0.6) is 0 Å². The lowest BCUT2D eigenvalue weighted by atomic mass is 9.97. The minimum atomic E-state index is 0.659. The molecule has 1 aliphatic rings. The molecular formula is C22H34N4O2. The molecule has 28 heavy (non-hydrogen) atoms. The summed E-state index contributed by atoms with van der Waals surface area (Å²) in [5.74, 6) is 2.57. The van der Waals surface area contributed by atoms with E-state index >= 15 is 0 Å². The summed E-state index contributed by atoms with van der Waals surface area (Å²) in [4.78, 5) is 9.56. The third-order valence-electron chi connectivity index (χ3n) is 5.38. The molecule has 1 saturated heterocycles. The summed E-state index contributed by atoms with van der Waals surface area (Å²) in [7, 11) is 3.84. The number of guanidine groups is 1. The van der Waals surface area contributed by atoms with Crippen molar-refractivity contribution in [3.05, 3.63) is 36.1 Å². The predicted octanol–water partition coefficient (Wildman–Crippen LogP) is 3.19. The number of hydrogen-bond donors (Lipinski definition) is 1. The summed E-state index contributed by atoms with van der Waals surface area (Å²) in [5, 5.41) is 4.57. The Hall–Kier alpha value is -2.05. The van der Waals surface area contributed by atoms with Gasteiger partial charge in [0.25, 0.3) is 0 Å². The Morgan fingerprint density at radius 2 is 2.11 bits per heavy atom. The van der Waals surface area contributed by atoms with Gasteiger partial charge in [-0.15, -0.1) is 0 Å². The molecule has 6 heteroatoms. The van der Waals surface area contributed by atoms with Gasteiger partial charge in [0.1, 0.15) is 11.3 Å². The van der Waals surface area contributed by atoms with E-state index in [1.54, 1.807) is 7.11 Å². The Morgan fingerprint density at radius 1 is 1.32 bits per heavy atom. The molecule has 6 nitrogen and oxygen atoms in total. The maximum Gasteiger partial charge on any atom is 0.194 e. The molecule has 0 spiro atoms. The van der Waals surface area contributed by atoms with Crippen LogP contribution in [0, 0.1) is 5.92 Å². The molecule has 0 atom stereocenters. The maximum atomic E-state index is 5.97. The van der Waals surface area contributed by atoms with E-state index in [1.165, 1.54) is 12.8 Å². The first kappa shape index (κ1) is 20.7. The summed E-state index contributed by atoms with van der Waals surface area (Å²) < 4.78 is 11.2. The number of aliphatic imine (C=N–C) groups is 1. The van der Waals surface area contributed by atoms with Gasteiger partial charge in [-0.2, -0.15) is 0 Å². The third-order valence-corrected chi connectivity index (χ3v) is 5.38. The maximum absolute atomic E-state index is 5.97. The standard InChI is InChI=1S/C22H34N4O2/c1-4-23-22(24-16-18-9-11-26(12-10-18)13-14-27-3)25(2)17-20-15-19-7-5-6-8-21(19)28-20/h5-8,15,18H,4,9-14,16-17H2,1-3H3,(H,23,24). The molecule has 0 amide bonds. The van der Waals surface area contributed by atoms with E-state index in [9.17, 15) is 0 Å². The molecule has 1 fully saturated rings. The fourth-order valence-corrected chi connectivity index (χ4v) is 3.72. The zero-order valence-corrected chi connectivity index (χ0v) is 17.5. The first-order valence-electron chi connectivity index (χ1n) is 10.4. The number of nitrogens with zero attached hydrogens (tertiary/aromatic N) is 3. The molecule has 0 unspecified atom stereocenters. The zero-order valence-electron chi connectivity index (χ0n) is 17.5. The van der Waals surface area contributed by atoms with Crippen molar-refractivity contribution in [1.29, 1.82) is 0 Å². The molecule has 154 valence electrons. The normalized spacial score (nSPS) is 16.6. The quantitative estimate of drug-likeness (QED) is 0.558. The predicted molar refractivity (Wildman–Crippen MR) is 115 cm³/mol. The van der Waals surface area contributed by atoms with Gasteiger partial charge in [0.15, 0.2) is 5.96 Å². The summed E-state index contributed by atoms with van der Waals surface area (Å²) >= 11 is 0. The number of piperidine rings is 1. The molecule has 2 heterocycles. The largest absolute Gasteiger partial charge is 0.459 e. The molecule has 2 aromatic rings. The smallest absolute Gasteiger partial charge is 0.194 e. The molecule has 0 saturated carbocycles. The Kier molecular flexibility index (Phi) is 7.74. The van der Waals surface area contributed by atoms with Gasteiger partial charge < -0.3 is 24.3 Å². The highest BCUT2D eigenvalue weighted by atomic mass is 16.5. The monoisotopic (exact) mass is 386 g/mol. The Balaban J connectivity index is 1.54. The van der Waals surface area contributed by atoms with Crippen LogP contribution in [0.1, 0.15) is 25.5 Å². The number of hydrogen-bond acceptors (Lipinski definition) is 4. The molecule has 1 aliphatic heterocycles. The Bertz CT molecular complexity index is 717. The lowest BCUT2D eigenvalue weighted by molar-refractivity contribution is 0.121. The van der Waals surface area contributed by atoms with Crippen LogP contribution in [0.2, 0.25) is 0 Å². The van der Waals surface area contributed by atoms with Gasteiger partial charge in [-0.25, -0.2) is 0 Å². The van der Waals surface area contributed by atoms with E-state index in [0.717, 1.165) is 62.0 Å². The highest BCUT2D eigenvalue weighted by Crippen LogP contribution is 2.20. The summed E-state index contributed by atoms with van der Waals surface area (Å²) in [6.07, 6.45) is 2.42. The van der Waals surface area contributed by atoms with E-state index in [0.29, 0.717) is 12.5 Å². The topological polar surface area (TPSA) is 53.2 Å². The van der Waals surface area contributed by atoms with E-state index in [2.05, 4.69) is 41.2 Å². The third kappa shape index (κ3) is 5.72. The van der Waals surface area contributed by atoms with Crippen LogP contribution < -0.4 is 5.32 Å². The molecular weight excluding hydrogens is 352 g/mol. The van der Waals surface area contributed by atoms with Crippen molar-refractivity contribution in [3.63, 3.8) is 0 Å². The van der Waals surface area contributed by atoms with Crippen molar-refractivity contribution in [1.82, 2.24) is 15.1 Å². The number of ether oxygens (including phenoxy) is 1. The lowest BCUT2D eigenvalue weighted by Crippen LogP contribution is -2.40. The summed E-state index contributed by atoms with van der Waals surface area (Å²) in [6.45, 7) is 8.71. The summed E-state index contributed by atoms with van der Waals surface area (Å²) in [6, 6.07) is 10.3. The fourth-order valence-electron chi connectivity index (χ4n) is 3.72. The molecule has 0 bridgehead atoms. The van der Waals surface area contributed by atoms with Crippen molar-refractivity contribution in [2.75, 3.05) is 53.5 Å². The summed E-state index contributed by atoms with van der Waals surface area (Å²) in [5.41, 5.74) is 0.938. The number of likely N-dealkylation sites (tertiary alicyclic amines) is 1. The van der Waals surface area contributed by atoms with E-state index < -0.39 is 0 Å². The van der Waals surface area contributed by atoms with Crippen LogP contribution in [0.3, 0.4) is 0 Å². The van der Waals surface area contributed by atoms with Gasteiger partial charge in [0.2, 0.25) is 0 Å². The molecule has 0 aliphatic carbocycles. The first-order chi connectivity index (χ1) is 13.7. The van der Waals surface area contributed by atoms with Crippen LogP contribution in [0.4, 0.5) is 0 Å². The number of fused-ring (bicyclic) bond motifs is 1. The SMILES string of the molecule is CCNC(=NCC1CCN(CCOC)CC1)N(C)Cc1cc2ccccc2o1. The number of furan rings is 1. The Morgan fingerprint density at radius 3 is 2.82 bits per heavy atom. The van der Waals surface area contributed by atoms with E-state index in [1.807, 2.05) is 18.2 Å². The second kappa shape index (κ2) is 10.5. The van der Waals surface area contributed by atoms with Crippen molar-refractivity contribution in [3.8, 4) is 0 Å². The van der Waals surface area contributed by atoms with Crippen molar-refractivity contribution >= 4 is 16.9 Å². The van der Waals surface area contributed by atoms with Gasteiger partial charge in [-0.3, -0.25) is 4.99 Å². The second-order valence-electron chi connectivity index (χ2n) is 7.58. The molecule has 3 rings (SSSR count). The van der Waals surface area contributed by atoms with Crippen LogP contribution in [-0.4, -0.2) is 69.2 Å². The number of nitrogens with one attached hydrogen (secondary N) is 1. The second-order valence-corrected chi connectivity index (χ2v) is 7.58. The van der Waals surface area contributed by atoms with Gasteiger partial charge in [0.05, 0.1) is 13.2 Å². The minimum absolute atomic E-state index is 0.659. The van der Waals surface area contributed by atoms with E-state index in [4.69, 9.17) is 14.1 Å². The van der Waals surface area contributed by atoms with Gasteiger partial charge in [0, 0.05) is 39.2 Å². The fraction of sp³-hybridized carbons (Fsp3) is 0.591. The first-order valence-corrected chi connectivity index (χ1v) is 10.4. The van der Waals surface area contributed by atoms with Gasteiger partial charge >= 0.3 is 0 Å². The van der Waals surface area contributed by atoms with Crippen LogP contribution in [0.15, 0.2) is 39.7 Å². The van der Waals surface area contributed by atoms with Crippen molar-refractivity contribution in [2.24, 2.45) is 10.9 Å². The van der Waals surface area contributed by atoms with E-state index in [-0.39, 0.29) is 0 Å². The number of para-hydroxylation sites is 1. The average Bonchev–Trinajstić information content (AvgIpc) is 3.12. The highest BCUT2D eigenvalue weighted by molar-refractivity contribution is 5.80. The Labute approximate surface area is 168 Å².